The molecule has 8 rings (SSSR count). The minimum absolute atomic E-state index is 0.0547. The van der Waals surface area contributed by atoms with Gasteiger partial charge in [-0.3, -0.25) is 24.3 Å². The van der Waals surface area contributed by atoms with Crippen molar-refractivity contribution in [1.82, 2.24) is 34.8 Å². The predicted molar refractivity (Wildman–Crippen MR) is 227 cm³/mol. The van der Waals surface area contributed by atoms with E-state index in [1.165, 1.54) is 28.8 Å². The first kappa shape index (κ1) is 41.7. The van der Waals surface area contributed by atoms with Crippen LogP contribution < -0.4 is 21.8 Å². The minimum atomic E-state index is -1.01. The molecule has 0 radical (unpaired) electrons. The smallest absolute Gasteiger partial charge is 0.335 e. The van der Waals surface area contributed by atoms with Gasteiger partial charge in [0.1, 0.15) is 0 Å². The lowest BCUT2D eigenvalue weighted by Crippen LogP contribution is -2.25. The third-order valence-electron chi connectivity index (χ3n) is 9.83. The van der Waals surface area contributed by atoms with E-state index in [4.69, 9.17) is 14.6 Å². The average molecular weight is 834 g/mol. The number of aryl methyl sites for hydroxylation is 2. The molecule has 0 aliphatic rings. The summed E-state index contributed by atoms with van der Waals surface area (Å²) in [6, 6.07) is 35.0. The summed E-state index contributed by atoms with van der Waals surface area (Å²) in [7, 11) is 0. The highest BCUT2D eigenvalue weighted by Gasteiger charge is 2.20. The fraction of sp³-hybridized carbons (Fsp3) is 0.130. The van der Waals surface area contributed by atoms with E-state index in [9.17, 15) is 28.8 Å². The molecule has 4 aromatic carbocycles. The van der Waals surface area contributed by atoms with Gasteiger partial charge in [0.2, 0.25) is 11.5 Å². The van der Waals surface area contributed by atoms with Gasteiger partial charge >= 0.3 is 23.7 Å². The number of H-pyrrole nitrogens is 1. The molecule has 0 saturated heterocycles. The van der Waals surface area contributed by atoms with Crippen molar-refractivity contribution < 1.29 is 33.8 Å². The van der Waals surface area contributed by atoms with Crippen LogP contribution in [0.5, 0.6) is 0 Å². The van der Waals surface area contributed by atoms with Crippen LogP contribution >= 0.6 is 0 Å². The highest BCUT2D eigenvalue weighted by atomic mass is 16.4. The molecular formula is C46H39N7O9. The van der Waals surface area contributed by atoms with Crippen molar-refractivity contribution in [3.05, 3.63) is 209 Å². The molecular weight excluding hydrogens is 795 g/mol. The van der Waals surface area contributed by atoms with Crippen LogP contribution in [0.1, 0.15) is 86.5 Å². The first-order chi connectivity index (χ1) is 29.8. The van der Waals surface area contributed by atoms with Gasteiger partial charge in [-0.15, -0.1) is 5.10 Å². The topological polar surface area (TPSA) is 230 Å². The number of nitrogens with zero attached hydrogens (tertiary/aromatic N) is 4. The Hall–Kier alpha value is -8.40. The molecule has 312 valence electrons. The number of aromatic nitrogens is 5. The highest BCUT2D eigenvalue weighted by Crippen LogP contribution is 2.16. The first-order valence-corrected chi connectivity index (χ1v) is 19.3. The maximum absolute atomic E-state index is 12.9. The number of rotatable bonds is 12. The van der Waals surface area contributed by atoms with Crippen LogP contribution in [0.4, 0.5) is 0 Å². The molecule has 0 fully saturated rings. The van der Waals surface area contributed by atoms with Gasteiger partial charge in [-0.1, -0.05) is 84.9 Å². The zero-order chi connectivity index (χ0) is 43.9. The molecule has 0 bridgehead atoms. The van der Waals surface area contributed by atoms with Crippen LogP contribution in [0.25, 0.3) is 11.4 Å². The predicted octanol–water partition coefficient (Wildman–Crippen LogP) is 5.36. The molecule has 16 nitrogen and oxygen atoms in total. The molecule has 16 heteroatoms. The van der Waals surface area contributed by atoms with Gasteiger partial charge < -0.3 is 25.3 Å². The Balaban J connectivity index is 0.000000186. The Morgan fingerprint density at radius 1 is 0.629 bits per heavy atom. The molecule has 8 aromatic rings. The number of aromatic amines is 1. The number of carbonyl (C=O) groups excluding carboxylic acids is 2. The second-order valence-electron chi connectivity index (χ2n) is 14.4. The minimum Gasteiger partial charge on any atom is -0.478 e. The van der Waals surface area contributed by atoms with E-state index in [1.807, 2.05) is 67.6 Å². The van der Waals surface area contributed by atoms with Crippen molar-refractivity contribution in [3.63, 3.8) is 0 Å². The van der Waals surface area contributed by atoms with E-state index in [0.717, 1.165) is 32.3 Å². The summed E-state index contributed by atoms with van der Waals surface area (Å²) in [5.74, 6) is -3.07. The normalized spacial score (nSPS) is 10.9. The fourth-order valence-electron chi connectivity index (χ4n) is 6.61. The lowest BCUT2D eigenvalue weighted by atomic mass is 10.0. The zero-order valence-corrected chi connectivity index (χ0v) is 33.4. The molecule has 0 unspecified atom stereocenters. The number of carboxylic acid groups (broad SMARTS) is 2. The molecule has 2 amide bonds. The van der Waals surface area contributed by atoms with Gasteiger partial charge in [0.25, 0.3) is 17.0 Å². The summed E-state index contributed by atoms with van der Waals surface area (Å²) >= 11 is 0. The quantitative estimate of drug-likeness (QED) is 0.105. The van der Waals surface area contributed by atoms with E-state index in [1.54, 1.807) is 43.3 Å². The molecule has 4 aromatic heterocycles. The lowest BCUT2D eigenvalue weighted by molar-refractivity contribution is 0.0686. The van der Waals surface area contributed by atoms with Crippen molar-refractivity contribution in [3.8, 4) is 0 Å². The number of nitrogens with one attached hydrogen (secondary N) is 3. The van der Waals surface area contributed by atoms with Crippen LogP contribution in [0.2, 0.25) is 0 Å². The Morgan fingerprint density at radius 2 is 1.11 bits per heavy atom. The number of amides is 2. The van der Waals surface area contributed by atoms with Crippen molar-refractivity contribution >= 4 is 35.1 Å². The molecule has 0 atom stereocenters. The summed E-state index contributed by atoms with van der Waals surface area (Å²) < 4.78 is 7.91. The van der Waals surface area contributed by atoms with Crippen molar-refractivity contribution in [2.24, 2.45) is 0 Å². The van der Waals surface area contributed by atoms with Crippen molar-refractivity contribution in [2.75, 3.05) is 0 Å². The molecule has 0 aliphatic heterocycles. The summed E-state index contributed by atoms with van der Waals surface area (Å²) in [4.78, 5) is 77.1. The van der Waals surface area contributed by atoms with Crippen molar-refractivity contribution in [1.29, 1.82) is 0 Å². The van der Waals surface area contributed by atoms with Crippen molar-refractivity contribution in [2.45, 2.75) is 39.8 Å². The second kappa shape index (κ2) is 18.3. The largest absolute Gasteiger partial charge is 0.478 e. The number of pyridine rings is 2. The van der Waals surface area contributed by atoms with E-state index in [2.05, 4.69) is 25.8 Å². The van der Waals surface area contributed by atoms with Gasteiger partial charge in [-0.05, 0) is 78.1 Å². The Bertz CT molecular complexity index is 2850. The zero-order valence-electron chi connectivity index (χ0n) is 33.4. The summed E-state index contributed by atoms with van der Waals surface area (Å²) in [6.07, 6.45) is 0.627. The molecule has 0 spiro atoms. The average Bonchev–Trinajstić information content (AvgIpc) is 3.95. The standard InChI is InChI=1S/C23H20N4O4.C23H19N3O5/c1-14-11-18(12-15-7-9-17(10-8-15)23(30)31)22(29)27-20(14)25-19(26-27)21(28)24-13-16-5-3-2-4-6-16;1-14-11-18(12-15-7-9-17(10-8-15)23(29)30)21(28)26-22(14)31-20(25-26)19(27)24-13-16-5-3-2-4-6-16/h2-11H,12-13H2,1H3,(H,24,28)(H,25,26)(H,30,31);2-11H,12-13H2,1H3,(H,24,27)(H,29,30). The van der Waals surface area contributed by atoms with Gasteiger partial charge in [-0.2, -0.15) is 9.03 Å². The maximum Gasteiger partial charge on any atom is 0.335 e. The van der Waals surface area contributed by atoms with E-state index < -0.39 is 29.3 Å². The van der Waals surface area contributed by atoms with E-state index in [0.29, 0.717) is 48.3 Å². The molecule has 62 heavy (non-hydrogen) atoms. The third-order valence-corrected chi connectivity index (χ3v) is 9.83. The molecule has 4 heterocycles. The van der Waals surface area contributed by atoms with E-state index in [-0.39, 0.29) is 34.1 Å². The van der Waals surface area contributed by atoms with Gasteiger partial charge in [0, 0.05) is 42.6 Å². The maximum atomic E-state index is 12.9. The Morgan fingerprint density at radius 3 is 1.63 bits per heavy atom. The van der Waals surface area contributed by atoms with Crippen LogP contribution in [0.15, 0.2) is 135 Å². The Labute approximate surface area is 352 Å². The number of carboxylic acids is 2. The van der Waals surface area contributed by atoms with Gasteiger partial charge in [0.05, 0.1) is 11.1 Å². The number of benzene rings is 4. The molecule has 0 saturated carbocycles. The number of hydrogen-bond donors (Lipinski definition) is 5. The van der Waals surface area contributed by atoms with Crippen LogP contribution in [0, 0.1) is 13.8 Å². The number of carbonyl (C=O) groups is 4. The van der Waals surface area contributed by atoms with E-state index >= 15 is 0 Å². The molecule has 5 N–H and O–H groups in total. The first-order valence-electron chi connectivity index (χ1n) is 19.3. The SMILES string of the molecule is Cc1cc(Cc2ccc(C(=O)O)cc2)c(=O)n2[nH]c(C(=O)NCc3ccccc3)nc12.Cc1cc(Cc2ccc(C(=O)O)cc2)c(=O)n2nc(C(=O)NCc3ccccc3)oc12. The number of hydrogen-bond acceptors (Lipinski definition) is 9. The van der Waals surface area contributed by atoms with Crippen LogP contribution in [-0.2, 0) is 25.9 Å². The Kier molecular flexibility index (Phi) is 12.3. The van der Waals surface area contributed by atoms with Gasteiger partial charge in [0.15, 0.2) is 5.65 Å². The summed E-state index contributed by atoms with van der Waals surface area (Å²) in [6.45, 7) is 4.24. The number of fused-ring (bicyclic) bond motifs is 2. The fourth-order valence-corrected chi connectivity index (χ4v) is 6.61. The van der Waals surface area contributed by atoms with Crippen LogP contribution in [0.3, 0.4) is 0 Å². The van der Waals surface area contributed by atoms with Crippen LogP contribution in [-0.4, -0.2) is 58.2 Å². The summed E-state index contributed by atoms with van der Waals surface area (Å²) in [5, 5.41) is 30.4. The molecule has 0 aliphatic carbocycles. The number of aromatic carboxylic acids is 2. The highest BCUT2D eigenvalue weighted by molar-refractivity contribution is 5.91. The summed E-state index contributed by atoms with van der Waals surface area (Å²) in [5.41, 5.74) is 6.11. The lowest BCUT2D eigenvalue weighted by Gasteiger charge is -2.05. The monoisotopic (exact) mass is 833 g/mol. The second-order valence-corrected chi connectivity index (χ2v) is 14.4. The van der Waals surface area contributed by atoms with Gasteiger partial charge in [-0.25, -0.2) is 14.6 Å². The third kappa shape index (κ3) is 9.55.